The van der Waals surface area contributed by atoms with E-state index in [2.05, 4.69) is 62.5 Å². The van der Waals surface area contributed by atoms with E-state index in [1.54, 1.807) is 0 Å². The summed E-state index contributed by atoms with van der Waals surface area (Å²) < 4.78 is 16.2. The van der Waals surface area contributed by atoms with E-state index in [-0.39, 0.29) is 60.0 Å². The van der Waals surface area contributed by atoms with Crippen molar-refractivity contribution in [3.8, 4) is 0 Å². The van der Waals surface area contributed by atoms with Gasteiger partial charge in [0.25, 0.3) is 0 Å². The quantitative estimate of drug-likeness (QED) is 0.0612. The number of esters is 2. The molecule has 3 aliphatic rings. The number of carbonyl (C=O) groups excluding carboxylic acids is 2. The number of rotatable bonds is 25. The minimum absolute atomic E-state index is 0.0810. The van der Waals surface area contributed by atoms with Crippen molar-refractivity contribution >= 4 is 11.9 Å². The van der Waals surface area contributed by atoms with Crippen molar-refractivity contribution in [2.75, 3.05) is 14.2 Å². The van der Waals surface area contributed by atoms with Gasteiger partial charge in [0.2, 0.25) is 0 Å². The molecular formula is C42H66O9. The molecule has 0 aromatic rings. The van der Waals surface area contributed by atoms with Gasteiger partial charge in [-0.25, -0.2) is 0 Å². The van der Waals surface area contributed by atoms with Crippen LogP contribution in [0, 0.1) is 35.5 Å². The molecule has 0 spiro atoms. The lowest BCUT2D eigenvalue weighted by Crippen LogP contribution is -2.41. The monoisotopic (exact) mass is 714 g/mol. The van der Waals surface area contributed by atoms with Crippen LogP contribution in [0.2, 0.25) is 0 Å². The van der Waals surface area contributed by atoms with Crippen LogP contribution in [0.5, 0.6) is 0 Å². The number of methoxy groups -OCH3 is 2. The summed E-state index contributed by atoms with van der Waals surface area (Å²) in [5, 5.41) is 45.4. The summed E-state index contributed by atoms with van der Waals surface area (Å²) in [5.74, 6) is -1.03. The van der Waals surface area contributed by atoms with E-state index >= 15 is 0 Å². The zero-order chi connectivity index (χ0) is 37.2. The zero-order valence-electron chi connectivity index (χ0n) is 31.4. The first-order valence-corrected chi connectivity index (χ1v) is 19.5. The molecule has 8 unspecified atom stereocenters. The average Bonchev–Trinajstić information content (AvgIpc) is 4.06. The van der Waals surface area contributed by atoms with Crippen molar-refractivity contribution in [2.45, 2.75) is 140 Å². The number of carbonyl (C=O) groups is 2. The van der Waals surface area contributed by atoms with Crippen molar-refractivity contribution in [1.29, 1.82) is 0 Å². The SMILES string of the molecule is CC/C=C\C/C=C\CC(O)C1OC(C/C=C\C/C=C\CC)C(/C=C/[C@@H]2C[C@H]2C(O)CCCC(=O)OC)C1C(O)[C@@H]1C[C@H]1C(O)CCCC(=O)OC. The maximum atomic E-state index is 12.0. The second-order valence-corrected chi connectivity index (χ2v) is 14.6. The molecule has 0 bridgehead atoms. The van der Waals surface area contributed by atoms with Crippen LogP contribution in [0.1, 0.15) is 104 Å². The maximum absolute atomic E-state index is 12.0. The molecule has 2 aliphatic carbocycles. The lowest BCUT2D eigenvalue weighted by molar-refractivity contribution is -0.141. The highest BCUT2D eigenvalue weighted by molar-refractivity contribution is 5.69. The minimum atomic E-state index is -0.819. The van der Waals surface area contributed by atoms with Crippen LogP contribution in [-0.2, 0) is 23.8 Å². The first kappa shape index (κ1) is 42.8. The standard InChI is InChI=1S/C42H66O9/c1-5-7-9-11-13-15-19-36(45)42-40(41(48)33-28-32(33)35(44)21-18-24-39(47)50-4)30(37(51-42)22-16-14-12-10-8-6-2)26-25-29-27-31(29)34(43)20-17-23-38(46)49-3/h7-10,13-16,25-26,29-37,40-45,48H,5-6,11-12,17-24,27-28H2,1-4H3/b9-7-,10-8-,15-13-,16-14-,26-25+/t29-,30?,31-,32-,33-,34?,35?,36?,37?,40?,41?,42?/m1/s1. The Bertz CT molecular complexity index is 1170. The van der Waals surface area contributed by atoms with Crippen LogP contribution in [0.15, 0.2) is 60.8 Å². The van der Waals surface area contributed by atoms with Gasteiger partial charge in [-0.2, -0.15) is 0 Å². The van der Waals surface area contributed by atoms with Gasteiger partial charge < -0.3 is 34.6 Å². The van der Waals surface area contributed by atoms with Crippen LogP contribution in [0.4, 0.5) is 0 Å². The third-order valence-electron chi connectivity index (χ3n) is 10.8. The molecular weight excluding hydrogens is 648 g/mol. The molecule has 1 heterocycles. The van der Waals surface area contributed by atoms with Crippen molar-refractivity contribution in [3.05, 3.63) is 60.8 Å². The second-order valence-electron chi connectivity index (χ2n) is 14.6. The minimum Gasteiger partial charge on any atom is -0.469 e. The number of allylic oxidation sites excluding steroid dienone is 7. The third kappa shape index (κ3) is 14.4. The van der Waals surface area contributed by atoms with E-state index in [0.717, 1.165) is 32.1 Å². The predicted octanol–water partition coefficient (Wildman–Crippen LogP) is 6.55. The summed E-state index contributed by atoms with van der Waals surface area (Å²) in [6.07, 6.45) is 26.3. The highest BCUT2D eigenvalue weighted by atomic mass is 16.5. The van der Waals surface area contributed by atoms with Crippen LogP contribution >= 0.6 is 0 Å². The average molecular weight is 715 g/mol. The van der Waals surface area contributed by atoms with Gasteiger partial charge in [0.05, 0.1) is 50.8 Å². The van der Waals surface area contributed by atoms with Crippen molar-refractivity contribution in [3.63, 3.8) is 0 Å². The Morgan fingerprint density at radius 1 is 0.706 bits per heavy atom. The molecule has 2 saturated carbocycles. The number of hydrogen-bond acceptors (Lipinski definition) is 9. The Morgan fingerprint density at radius 3 is 1.86 bits per heavy atom. The van der Waals surface area contributed by atoms with Gasteiger partial charge in [-0.1, -0.05) is 74.6 Å². The van der Waals surface area contributed by atoms with Gasteiger partial charge in [0, 0.05) is 24.7 Å². The highest BCUT2D eigenvalue weighted by Crippen LogP contribution is 2.52. The smallest absolute Gasteiger partial charge is 0.305 e. The fourth-order valence-corrected chi connectivity index (χ4v) is 7.63. The molecule has 1 saturated heterocycles. The Balaban J connectivity index is 1.79. The second kappa shape index (κ2) is 23.2. The molecule has 51 heavy (non-hydrogen) atoms. The molecule has 9 heteroatoms. The lowest BCUT2D eigenvalue weighted by Gasteiger charge is -2.30. The summed E-state index contributed by atoms with van der Waals surface area (Å²) in [6.45, 7) is 4.20. The van der Waals surface area contributed by atoms with E-state index in [4.69, 9.17) is 14.2 Å². The van der Waals surface area contributed by atoms with Gasteiger partial charge >= 0.3 is 11.9 Å². The Morgan fingerprint density at radius 2 is 1.27 bits per heavy atom. The van der Waals surface area contributed by atoms with Crippen molar-refractivity contribution in [1.82, 2.24) is 0 Å². The largest absolute Gasteiger partial charge is 0.469 e. The van der Waals surface area contributed by atoms with Gasteiger partial charge in [-0.05, 0) is 101 Å². The zero-order valence-corrected chi connectivity index (χ0v) is 31.4. The van der Waals surface area contributed by atoms with Crippen LogP contribution in [0.25, 0.3) is 0 Å². The first-order valence-electron chi connectivity index (χ1n) is 19.5. The van der Waals surface area contributed by atoms with Crippen LogP contribution < -0.4 is 0 Å². The van der Waals surface area contributed by atoms with E-state index in [9.17, 15) is 30.0 Å². The molecule has 288 valence electrons. The number of hydrogen-bond donors (Lipinski definition) is 4. The lowest BCUT2D eigenvalue weighted by atomic mass is 9.77. The molecule has 0 aromatic heterocycles. The summed E-state index contributed by atoms with van der Waals surface area (Å²) >= 11 is 0. The normalized spacial score (nSPS) is 30.1. The fourth-order valence-electron chi connectivity index (χ4n) is 7.63. The number of aliphatic hydroxyl groups excluding tert-OH is 4. The van der Waals surface area contributed by atoms with E-state index < -0.39 is 30.5 Å². The Hall–Kier alpha value is -2.56. The molecule has 12 atom stereocenters. The van der Waals surface area contributed by atoms with E-state index in [1.165, 1.54) is 14.2 Å². The fraction of sp³-hybridized carbons (Fsp3) is 0.714. The van der Waals surface area contributed by atoms with E-state index in [0.29, 0.717) is 51.4 Å². The van der Waals surface area contributed by atoms with Crippen LogP contribution in [-0.4, -0.2) is 83.2 Å². The summed E-state index contributed by atoms with van der Waals surface area (Å²) in [4.78, 5) is 23.1. The number of aliphatic hydroxyl groups is 4. The first-order chi connectivity index (χ1) is 24.7. The molecule has 0 aromatic carbocycles. The topological polar surface area (TPSA) is 143 Å². The number of ether oxygens (including phenoxy) is 3. The molecule has 3 fully saturated rings. The van der Waals surface area contributed by atoms with Crippen LogP contribution in [0.3, 0.4) is 0 Å². The van der Waals surface area contributed by atoms with Crippen molar-refractivity contribution < 1.29 is 44.2 Å². The highest BCUT2D eigenvalue weighted by Gasteiger charge is 2.56. The van der Waals surface area contributed by atoms with Gasteiger partial charge in [-0.15, -0.1) is 0 Å². The maximum Gasteiger partial charge on any atom is 0.305 e. The molecule has 3 rings (SSSR count). The Kier molecular flexibility index (Phi) is 19.5. The molecule has 4 N–H and O–H groups in total. The Labute approximate surface area is 306 Å². The molecule has 0 radical (unpaired) electrons. The molecule has 9 nitrogen and oxygen atoms in total. The third-order valence-corrected chi connectivity index (χ3v) is 10.8. The summed E-state index contributed by atoms with van der Waals surface area (Å²) in [6, 6.07) is 0. The van der Waals surface area contributed by atoms with Crippen molar-refractivity contribution in [2.24, 2.45) is 35.5 Å². The van der Waals surface area contributed by atoms with Gasteiger partial charge in [0.1, 0.15) is 0 Å². The predicted molar refractivity (Wildman–Crippen MR) is 199 cm³/mol. The van der Waals surface area contributed by atoms with Gasteiger partial charge in [0.15, 0.2) is 0 Å². The van der Waals surface area contributed by atoms with Gasteiger partial charge in [-0.3, -0.25) is 9.59 Å². The summed E-state index contributed by atoms with van der Waals surface area (Å²) in [7, 11) is 2.73. The van der Waals surface area contributed by atoms with E-state index in [1.807, 2.05) is 12.2 Å². The molecule has 0 amide bonds. The molecule has 1 aliphatic heterocycles. The summed E-state index contributed by atoms with van der Waals surface area (Å²) in [5.41, 5.74) is 0.